The van der Waals surface area contributed by atoms with Crippen LogP contribution in [0.25, 0.3) is 6.08 Å². The Hall–Kier alpha value is -1.94. The van der Waals surface area contributed by atoms with Crippen LogP contribution in [-0.4, -0.2) is 41.4 Å². The summed E-state index contributed by atoms with van der Waals surface area (Å²) in [7, 11) is 0. The van der Waals surface area contributed by atoms with E-state index in [0.29, 0.717) is 24.1 Å². The van der Waals surface area contributed by atoms with E-state index in [9.17, 15) is 14.7 Å². The molecule has 20 heavy (non-hydrogen) atoms. The van der Waals surface area contributed by atoms with E-state index in [2.05, 4.69) is 11.8 Å². The number of carbonyl (C=O) groups is 2. The third-order valence-corrected chi connectivity index (χ3v) is 3.47. The summed E-state index contributed by atoms with van der Waals surface area (Å²) in [6.07, 6.45) is 3.29. The van der Waals surface area contributed by atoms with Crippen molar-refractivity contribution in [2.75, 3.05) is 19.6 Å². The molecule has 0 bridgehead atoms. The van der Waals surface area contributed by atoms with Gasteiger partial charge in [0.25, 0.3) is 0 Å². The smallest absolute Gasteiger partial charge is 0.336 e. The van der Waals surface area contributed by atoms with Gasteiger partial charge in [0.2, 0.25) is 0 Å². The Kier molecular flexibility index (Phi) is 4.69. The highest BCUT2D eigenvalue weighted by Crippen LogP contribution is 2.18. The predicted octanol–water partition coefficient (Wildman–Crippen LogP) is 2.45. The molecule has 0 aliphatic carbocycles. The van der Waals surface area contributed by atoms with Gasteiger partial charge in [0.15, 0.2) is 5.78 Å². The van der Waals surface area contributed by atoms with Gasteiger partial charge in [-0.3, -0.25) is 9.69 Å². The molecule has 0 unspecified atom stereocenters. The zero-order valence-corrected chi connectivity index (χ0v) is 11.6. The average Bonchev–Trinajstić information content (AvgIpc) is 2.43. The number of benzene rings is 1. The van der Waals surface area contributed by atoms with Gasteiger partial charge in [0.1, 0.15) is 0 Å². The summed E-state index contributed by atoms with van der Waals surface area (Å²) in [5.41, 5.74) is 1.54. The first-order valence-electron chi connectivity index (χ1n) is 6.90. The number of carboxylic acids is 1. The van der Waals surface area contributed by atoms with Gasteiger partial charge in [0.05, 0.1) is 5.56 Å². The summed E-state index contributed by atoms with van der Waals surface area (Å²) in [6, 6.07) is 6.78. The second-order valence-corrected chi connectivity index (χ2v) is 5.01. The third kappa shape index (κ3) is 3.33. The fraction of sp³-hybridized carbons (Fsp3) is 0.375. The molecule has 1 aliphatic heterocycles. The molecule has 0 aromatic heterocycles. The predicted molar refractivity (Wildman–Crippen MR) is 77.7 cm³/mol. The molecule has 0 amide bonds. The van der Waals surface area contributed by atoms with Crippen molar-refractivity contribution in [1.29, 1.82) is 0 Å². The summed E-state index contributed by atoms with van der Waals surface area (Å²) < 4.78 is 0. The Bertz CT molecular complexity index is 548. The maximum Gasteiger partial charge on any atom is 0.336 e. The van der Waals surface area contributed by atoms with Crippen LogP contribution in [0, 0.1) is 0 Å². The molecule has 0 radical (unpaired) electrons. The van der Waals surface area contributed by atoms with E-state index in [1.165, 1.54) is 0 Å². The van der Waals surface area contributed by atoms with E-state index in [0.717, 1.165) is 19.5 Å². The highest BCUT2D eigenvalue weighted by atomic mass is 16.4. The van der Waals surface area contributed by atoms with E-state index in [4.69, 9.17) is 0 Å². The molecule has 0 atom stereocenters. The van der Waals surface area contributed by atoms with Gasteiger partial charge in [-0.05, 0) is 30.7 Å². The highest BCUT2D eigenvalue weighted by molar-refractivity contribution is 6.02. The van der Waals surface area contributed by atoms with Crippen LogP contribution in [0.3, 0.4) is 0 Å². The van der Waals surface area contributed by atoms with E-state index in [1.54, 1.807) is 30.3 Å². The number of ketones is 1. The Morgan fingerprint density at radius 3 is 2.85 bits per heavy atom. The standard InChI is InChI=1S/C16H19NO3/c1-2-8-17-9-7-15(18)13(11-17)10-12-5-3-4-6-14(12)16(19)20/h3-6,10H,2,7-9,11H2,1H3,(H,19,20)/b13-10+. The molecule has 1 aliphatic rings. The van der Waals surface area contributed by atoms with Crippen molar-refractivity contribution in [2.45, 2.75) is 19.8 Å². The third-order valence-electron chi connectivity index (χ3n) is 3.47. The zero-order chi connectivity index (χ0) is 14.5. The summed E-state index contributed by atoms with van der Waals surface area (Å²) >= 11 is 0. The van der Waals surface area contributed by atoms with Crippen LogP contribution < -0.4 is 0 Å². The van der Waals surface area contributed by atoms with E-state index in [1.807, 2.05) is 0 Å². The molecule has 2 rings (SSSR count). The summed E-state index contributed by atoms with van der Waals surface area (Å²) in [4.78, 5) is 25.4. The Morgan fingerprint density at radius 2 is 2.15 bits per heavy atom. The summed E-state index contributed by atoms with van der Waals surface area (Å²) in [6.45, 7) is 4.48. The maximum absolute atomic E-state index is 12.0. The molecule has 106 valence electrons. The number of rotatable bonds is 4. The number of carbonyl (C=O) groups excluding carboxylic acids is 1. The van der Waals surface area contributed by atoms with Crippen molar-refractivity contribution in [3.8, 4) is 0 Å². The van der Waals surface area contributed by atoms with E-state index >= 15 is 0 Å². The molecule has 1 heterocycles. The quantitative estimate of drug-likeness (QED) is 0.856. The Balaban J connectivity index is 2.28. The van der Waals surface area contributed by atoms with Crippen LogP contribution in [0.5, 0.6) is 0 Å². The zero-order valence-electron chi connectivity index (χ0n) is 11.6. The molecule has 1 N–H and O–H groups in total. The number of aromatic carboxylic acids is 1. The fourth-order valence-corrected chi connectivity index (χ4v) is 2.47. The topological polar surface area (TPSA) is 57.6 Å². The molecule has 4 heteroatoms. The fourth-order valence-electron chi connectivity index (χ4n) is 2.47. The van der Waals surface area contributed by atoms with Crippen molar-refractivity contribution in [1.82, 2.24) is 4.90 Å². The summed E-state index contributed by atoms with van der Waals surface area (Å²) in [5.74, 6) is -0.844. The monoisotopic (exact) mass is 273 g/mol. The number of nitrogens with zero attached hydrogens (tertiary/aromatic N) is 1. The average molecular weight is 273 g/mol. The van der Waals surface area contributed by atoms with Crippen LogP contribution in [0.4, 0.5) is 0 Å². The van der Waals surface area contributed by atoms with Gasteiger partial charge < -0.3 is 5.11 Å². The number of likely N-dealkylation sites (tertiary alicyclic amines) is 1. The van der Waals surface area contributed by atoms with Crippen molar-refractivity contribution in [3.63, 3.8) is 0 Å². The molecule has 0 saturated carbocycles. The van der Waals surface area contributed by atoms with Crippen LogP contribution in [0.1, 0.15) is 35.7 Å². The van der Waals surface area contributed by atoms with Crippen LogP contribution in [-0.2, 0) is 4.79 Å². The van der Waals surface area contributed by atoms with Gasteiger partial charge in [-0.15, -0.1) is 0 Å². The first kappa shape index (κ1) is 14.5. The normalized spacial score (nSPS) is 18.4. The number of hydrogen-bond acceptors (Lipinski definition) is 3. The van der Waals surface area contributed by atoms with Gasteiger partial charge in [-0.25, -0.2) is 4.79 Å². The first-order chi connectivity index (χ1) is 9.61. The molecular formula is C16H19NO3. The van der Waals surface area contributed by atoms with Crippen molar-refractivity contribution in [2.24, 2.45) is 0 Å². The van der Waals surface area contributed by atoms with Gasteiger partial charge in [0, 0.05) is 25.1 Å². The number of piperidine rings is 1. The maximum atomic E-state index is 12.0. The molecule has 4 nitrogen and oxygen atoms in total. The number of hydrogen-bond donors (Lipinski definition) is 1. The largest absolute Gasteiger partial charge is 0.478 e. The second kappa shape index (κ2) is 6.48. The highest BCUT2D eigenvalue weighted by Gasteiger charge is 2.21. The molecule has 1 aromatic carbocycles. The minimum absolute atomic E-state index is 0.123. The van der Waals surface area contributed by atoms with E-state index < -0.39 is 5.97 Å². The lowest BCUT2D eigenvalue weighted by Gasteiger charge is -2.27. The summed E-state index contributed by atoms with van der Waals surface area (Å²) in [5, 5.41) is 9.17. The molecule has 1 saturated heterocycles. The SMILES string of the molecule is CCCN1CCC(=O)/C(=C/c2ccccc2C(=O)O)C1. The molecule has 1 fully saturated rings. The minimum atomic E-state index is -0.967. The van der Waals surface area contributed by atoms with Crippen molar-refractivity contribution >= 4 is 17.8 Å². The van der Waals surface area contributed by atoms with Gasteiger partial charge >= 0.3 is 5.97 Å². The van der Waals surface area contributed by atoms with Crippen molar-refractivity contribution < 1.29 is 14.7 Å². The number of carboxylic acid groups (broad SMARTS) is 1. The Morgan fingerprint density at radius 1 is 1.40 bits per heavy atom. The molecule has 0 spiro atoms. The van der Waals surface area contributed by atoms with Crippen LogP contribution in [0.15, 0.2) is 29.8 Å². The first-order valence-corrected chi connectivity index (χ1v) is 6.90. The van der Waals surface area contributed by atoms with Crippen molar-refractivity contribution in [3.05, 3.63) is 41.0 Å². The Labute approximate surface area is 118 Å². The lowest BCUT2D eigenvalue weighted by atomic mass is 9.98. The van der Waals surface area contributed by atoms with Gasteiger partial charge in [-0.1, -0.05) is 25.1 Å². The lowest BCUT2D eigenvalue weighted by molar-refractivity contribution is -0.117. The second-order valence-electron chi connectivity index (χ2n) is 5.01. The van der Waals surface area contributed by atoms with Crippen LogP contribution in [0.2, 0.25) is 0 Å². The van der Waals surface area contributed by atoms with E-state index in [-0.39, 0.29) is 11.3 Å². The molecular weight excluding hydrogens is 254 g/mol. The lowest BCUT2D eigenvalue weighted by Crippen LogP contribution is -2.36. The van der Waals surface area contributed by atoms with Crippen LogP contribution >= 0.6 is 0 Å². The van der Waals surface area contributed by atoms with Gasteiger partial charge in [-0.2, -0.15) is 0 Å². The minimum Gasteiger partial charge on any atom is -0.478 e. The number of Topliss-reactive ketones (excluding diaryl/α,β-unsaturated/α-hetero) is 1. The molecule has 1 aromatic rings.